The second-order valence-electron chi connectivity index (χ2n) is 6.79. The summed E-state index contributed by atoms with van der Waals surface area (Å²) in [6.45, 7) is 2.53. The number of benzene rings is 3. The summed E-state index contributed by atoms with van der Waals surface area (Å²) in [6.07, 6.45) is 0.870. The van der Waals surface area contributed by atoms with Gasteiger partial charge in [-0.15, -0.1) is 0 Å². The molecule has 0 saturated heterocycles. The number of aryl methyl sites for hydroxylation is 1. The number of primary amides is 2. The van der Waals surface area contributed by atoms with Crippen LogP contribution in [0.4, 0.5) is 0 Å². The van der Waals surface area contributed by atoms with Gasteiger partial charge in [-0.3, -0.25) is 9.59 Å². The monoisotopic (exact) mass is 370 g/mol. The van der Waals surface area contributed by atoms with Crippen LogP contribution in [0.3, 0.4) is 0 Å². The summed E-state index contributed by atoms with van der Waals surface area (Å²) >= 11 is 0. The largest absolute Gasteiger partial charge is 0.366 e. The van der Waals surface area contributed by atoms with Gasteiger partial charge in [0.1, 0.15) is 0 Å². The first-order valence-corrected chi connectivity index (χ1v) is 9.14. The Morgan fingerprint density at radius 2 is 1.68 bits per heavy atom. The molecule has 139 valence electrons. The van der Waals surface area contributed by atoms with Crippen LogP contribution in [0.2, 0.25) is 0 Å². The maximum absolute atomic E-state index is 12.0. The number of carbonyl (C=O) groups excluding carboxylic acids is 2. The van der Waals surface area contributed by atoms with E-state index in [0.29, 0.717) is 17.7 Å². The van der Waals surface area contributed by atoms with Crippen LogP contribution in [-0.4, -0.2) is 16.4 Å². The van der Waals surface area contributed by atoms with Gasteiger partial charge in [-0.05, 0) is 47.9 Å². The molecule has 5 nitrogen and oxygen atoms in total. The SMILES string of the molecule is CCc1c[c]c2c3c(C(N)=O)cccc3n(Cc3ccccc3C(N)=O)c2c1. The fourth-order valence-corrected chi connectivity index (χ4v) is 3.75. The van der Waals surface area contributed by atoms with Crippen LogP contribution in [0.25, 0.3) is 21.8 Å². The smallest absolute Gasteiger partial charge is 0.249 e. The van der Waals surface area contributed by atoms with E-state index in [4.69, 9.17) is 11.5 Å². The zero-order valence-corrected chi connectivity index (χ0v) is 15.5. The van der Waals surface area contributed by atoms with Crippen LogP contribution in [-0.2, 0) is 13.0 Å². The van der Waals surface area contributed by atoms with E-state index >= 15 is 0 Å². The molecule has 28 heavy (non-hydrogen) atoms. The predicted molar refractivity (Wildman–Crippen MR) is 110 cm³/mol. The molecular formula is C23H20N3O2. The molecule has 0 atom stereocenters. The molecule has 4 aromatic rings. The van der Waals surface area contributed by atoms with Crippen molar-refractivity contribution in [3.63, 3.8) is 0 Å². The summed E-state index contributed by atoms with van der Waals surface area (Å²) < 4.78 is 2.09. The van der Waals surface area contributed by atoms with Gasteiger partial charge in [-0.2, -0.15) is 0 Å². The first-order valence-electron chi connectivity index (χ1n) is 9.14. The van der Waals surface area contributed by atoms with E-state index in [9.17, 15) is 9.59 Å². The number of amides is 2. The Morgan fingerprint density at radius 1 is 0.964 bits per heavy atom. The van der Waals surface area contributed by atoms with Gasteiger partial charge in [0.15, 0.2) is 0 Å². The molecule has 1 heterocycles. The molecule has 4 rings (SSSR count). The average Bonchev–Trinajstić information content (AvgIpc) is 3.01. The molecule has 3 aromatic carbocycles. The first-order chi connectivity index (χ1) is 13.5. The van der Waals surface area contributed by atoms with E-state index in [1.807, 2.05) is 30.3 Å². The molecule has 4 N–H and O–H groups in total. The quantitative estimate of drug-likeness (QED) is 0.564. The van der Waals surface area contributed by atoms with Gasteiger partial charge in [0, 0.05) is 28.4 Å². The minimum atomic E-state index is -0.477. The second kappa shape index (κ2) is 6.85. The molecule has 5 heteroatoms. The second-order valence-corrected chi connectivity index (χ2v) is 6.79. The molecule has 0 spiro atoms. The van der Waals surface area contributed by atoms with Crippen LogP contribution < -0.4 is 11.5 Å². The molecule has 0 saturated carbocycles. The molecule has 0 fully saturated rings. The maximum Gasteiger partial charge on any atom is 0.249 e. The highest BCUT2D eigenvalue weighted by atomic mass is 16.1. The Morgan fingerprint density at radius 3 is 2.39 bits per heavy atom. The van der Waals surface area contributed by atoms with Crippen molar-refractivity contribution < 1.29 is 9.59 Å². The Kier molecular flexibility index (Phi) is 4.35. The normalized spacial score (nSPS) is 11.2. The van der Waals surface area contributed by atoms with Gasteiger partial charge in [0.25, 0.3) is 0 Å². The lowest BCUT2D eigenvalue weighted by molar-refractivity contribution is 0.0992. The number of hydrogen-bond acceptors (Lipinski definition) is 2. The molecule has 0 unspecified atom stereocenters. The lowest BCUT2D eigenvalue weighted by Crippen LogP contribution is -2.15. The Balaban J connectivity index is 2.05. The van der Waals surface area contributed by atoms with Crippen molar-refractivity contribution in [2.75, 3.05) is 0 Å². The number of carbonyl (C=O) groups is 2. The topological polar surface area (TPSA) is 91.1 Å². The third-order valence-electron chi connectivity index (χ3n) is 5.14. The van der Waals surface area contributed by atoms with E-state index in [2.05, 4.69) is 23.6 Å². The van der Waals surface area contributed by atoms with Crippen LogP contribution in [0.1, 0.15) is 38.8 Å². The molecule has 1 aromatic heterocycles. The van der Waals surface area contributed by atoms with Crippen LogP contribution in [0.5, 0.6) is 0 Å². The molecular weight excluding hydrogens is 350 g/mol. The number of hydrogen-bond donors (Lipinski definition) is 2. The third kappa shape index (κ3) is 2.81. The summed E-state index contributed by atoms with van der Waals surface area (Å²) in [5.74, 6) is -0.940. The van der Waals surface area contributed by atoms with Crippen LogP contribution in [0.15, 0.2) is 54.6 Å². The van der Waals surface area contributed by atoms with Gasteiger partial charge in [0.05, 0.1) is 11.0 Å². The van der Waals surface area contributed by atoms with Gasteiger partial charge in [-0.1, -0.05) is 37.3 Å². The zero-order chi connectivity index (χ0) is 19.8. The van der Waals surface area contributed by atoms with Crippen LogP contribution in [0, 0.1) is 6.07 Å². The van der Waals surface area contributed by atoms with Crippen molar-refractivity contribution in [3.05, 3.63) is 82.9 Å². The molecule has 0 aliphatic rings. The molecule has 2 amide bonds. The third-order valence-corrected chi connectivity index (χ3v) is 5.14. The van der Waals surface area contributed by atoms with Crippen LogP contribution >= 0.6 is 0 Å². The Bertz CT molecular complexity index is 1240. The van der Waals surface area contributed by atoms with Crippen molar-refractivity contribution in [1.82, 2.24) is 4.57 Å². The minimum Gasteiger partial charge on any atom is -0.366 e. The summed E-state index contributed by atoms with van der Waals surface area (Å²) in [5, 5.41) is 1.63. The average molecular weight is 370 g/mol. The van der Waals surface area contributed by atoms with E-state index < -0.39 is 11.8 Å². The highest BCUT2D eigenvalue weighted by Crippen LogP contribution is 2.33. The molecule has 0 aliphatic carbocycles. The lowest BCUT2D eigenvalue weighted by Gasteiger charge is -2.11. The number of aromatic nitrogens is 1. The van der Waals surface area contributed by atoms with Gasteiger partial charge < -0.3 is 16.0 Å². The molecule has 1 radical (unpaired) electrons. The predicted octanol–water partition coefficient (Wildman–Crippen LogP) is 3.40. The van der Waals surface area contributed by atoms with Crippen molar-refractivity contribution >= 4 is 33.6 Å². The van der Waals surface area contributed by atoms with E-state index in [1.54, 1.807) is 18.2 Å². The molecule has 0 bridgehead atoms. The maximum atomic E-state index is 12.0. The van der Waals surface area contributed by atoms with Crippen molar-refractivity contribution in [3.8, 4) is 0 Å². The highest BCUT2D eigenvalue weighted by Gasteiger charge is 2.18. The summed E-state index contributed by atoms with van der Waals surface area (Å²) in [4.78, 5) is 23.9. The van der Waals surface area contributed by atoms with E-state index in [1.165, 1.54) is 0 Å². The number of rotatable bonds is 5. The van der Waals surface area contributed by atoms with Gasteiger partial charge >= 0.3 is 0 Å². The Labute approximate surface area is 162 Å². The summed E-state index contributed by atoms with van der Waals surface area (Å²) in [5.41, 5.74) is 15.9. The summed E-state index contributed by atoms with van der Waals surface area (Å²) in [7, 11) is 0. The lowest BCUT2D eigenvalue weighted by atomic mass is 10.0. The minimum absolute atomic E-state index is 0.447. The van der Waals surface area contributed by atoms with Gasteiger partial charge in [-0.25, -0.2) is 0 Å². The van der Waals surface area contributed by atoms with Crippen molar-refractivity contribution in [1.29, 1.82) is 0 Å². The fourth-order valence-electron chi connectivity index (χ4n) is 3.75. The van der Waals surface area contributed by atoms with E-state index in [-0.39, 0.29) is 0 Å². The Hall–Kier alpha value is -3.60. The number of nitrogens with zero attached hydrogens (tertiary/aromatic N) is 1. The zero-order valence-electron chi connectivity index (χ0n) is 15.5. The standard InChI is InChI=1S/C23H20N3O2/c1-2-14-10-11-17-20(12-14)26(13-15-6-3-4-7-16(15)22(24)27)19-9-5-8-18(21(17)19)23(25)28/h3-10,12H,2,13H2,1H3,(H2,24,27)(H2,25,28). The van der Waals surface area contributed by atoms with Crippen molar-refractivity contribution in [2.45, 2.75) is 19.9 Å². The number of nitrogens with two attached hydrogens (primary N) is 2. The van der Waals surface area contributed by atoms with E-state index in [0.717, 1.165) is 39.4 Å². The van der Waals surface area contributed by atoms with Crippen molar-refractivity contribution in [2.24, 2.45) is 11.5 Å². The number of fused-ring (bicyclic) bond motifs is 3. The fraction of sp³-hybridized carbons (Fsp3) is 0.130. The highest BCUT2D eigenvalue weighted by molar-refractivity contribution is 6.17. The molecule has 0 aliphatic heterocycles. The summed E-state index contributed by atoms with van der Waals surface area (Å²) in [6, 6.07) is 20.2. The van der Waals surface area contributed by atoms with Gasteiger partial charge in [0.2, 0.25) is 11.8 Å². The first kappa shape index (κ1) is 17.8.